The first-order chi connectivity index (χ1) is 10.1. The minimum atomic E-state index is -0.0971. The van der Waals surface area contributed by atoms with E-state index in [4.69, 9.17) is 0 Å². The van der Waals surface area contributed by atoms with E-state index >= 15 is 0 Å². The van der Waals surface area contributed by atoms with Gasteiger partial charge in [-0.25, -0.2) is 0 Å². The van der Waals surface area contributed by atoms with E-state index < -0.39 is 0 Å². The van der Waals surface area contributed by atoms with Crippen molar-refractivity contribution >= 4 is 11.8 Å². The quantitative estimate of drug-likeness (QED) is 0.737. The van der Waals surface area contributed by atoms with E-state index in [9.17, 15) is 9.59 Å². The van der Waals surface area contributed by atoms with Gasteiger partial charge in [0.1, 0.15) is 6.54 Å². The Hall–Kier alpha value is -1.91. The van der Waals surface area contributed by atoms with Crippen LogP contribution in [0, 0.1) is 0 Å². The number of hydrogen-bond acceptors (Lipinski definition) is 3. The van der Waals surface area contributed by atoms with Crippen molar-refractivity contribution in [3.05, 3.63) is 30.1 Å². The van der Waals surface area contributed by atoms with E-state index in [1.54, 1.807) is 17.3 Å². The molecule has 116 valence electrons. The van der Waals surface area contributed by atoms with Gasteiger partial charge in [0.05, 0.1) is 0 Å². The van der Waals surface area contributed by atoms with Gasteiger partial charge in [-0.15, -0.1) is 0 Å². The maximum atomic E-state index is 12.3. The second-order valence-electron chi connectivity index (χ2n) is 5.12. The van der Waals surface area contributed by atoms with Crippen molar-refractivity contribution in [2.75, 3.05) is 19.6 Å². The first kappa shape index (κ1) is 17.1. The summed E-state index contributed by atoms with van der Waals surface area (Å²) >= 11 is 0. The second-order valence-corrected chi connectivity index (χ2v) is 5.12. The second kappa shape index (κ2) is 9.10. The number of amides is 2. The minimum absolute atomic E-state index is 0.0118. The molecule has 0 saturated heterocycles. The van der Waals surface area contributed by atoms with Gasteiger partial charge >= 0.3 is 0 Å². The van der Waals surface area contributed by atoms with E-state index in [-0.39, 0.29) is 18.4 Å². The summed E-state index contributed by atoms with van der Waals surface area (Å²) in [5.41, 5.74) is 0.929. The van der Waals surface area contributed by atoms with Crippen LogP contribution in [-0.2, 0) is 16.1 Å². The van der Waals surface area contributed by atoms with E-state index in [1.807, 2.05) is 30.9 Å². The molecular weight excluding hydrogens is 266 g/mol. The molecule has 0 aliphatic heterocycles. The number of pyridine rings is 1. The third kappa shape index (κ3) is 5.94. The highest BCUT2D eigenvalue weighted by molar-refractivity contribution is 5.83. The molecule has 2 amide bonds. The van der Waals surface area contributed by atoms with Gasteiger partial charge in [0.2, 0.25) is 11.8 Å². The highest BCUT2D eigenvalue weighted by Gasteiger charge is 2.18. The Bertz CT molecular complexity index is 442. The summed E-state index contributed by atoms with van der Waals surface area (Å²) in [6.45, 7) is 7.62. The lowest BCUT2D eigenvalue weighted by Gasteiger charge is -2.26. The molecule has 0 atom stereocenters. The Kier molecular flexibility index (Phi) is 7.43. The molecule has 1 aromatic rings. The number of carbonyl (C=O) groups excluding carboxylic acids is 2. The zero-order chi connectivity index (χ0) is 15.7. The van der Waals surface area contributed by atoms with E-state index in [1.165, 1.54) is 6.92 Å². The summed E-state index contributed by atoms with van der Waals surface area (Å²) in [6, 6.07) is 3.74. The fourth-order valence-corrected chi connectivity index (χ4v) is 2.15. The highest BCUT2D eigenvalue weighted by atomic mass is 16.2. The van der Waals surface area contributed by atoms with Crippen LogP contribution in [0.15, 0.2) is 24.5 Å². The summed E-state index contributed by atoms with van der Waals surface area (Å²) in [6.07, 6.45) is 5.26. The smallest absolute Gasteiger partial charge is 0.242 e. The first-order valence-electron chi connectivity index (χ1n) is 7.50. The molecular formula is C16H25N3O2. The lowest BCUT2D eigenvalue weighted by Crippen LogP contribution is -2.42. The van der Waals surface area contributed by atoms with Crippen molar-refractivity contribution in [1.29, 1.82) is 0 Å². The third-order valence-corrected chi connectivity index (χ3v) is 3.21. The maximum Gasteiger partial charge on any atom is 0.242 e. The van der Waals surface area contributed by atoms with Crippen LogP contribution in [0.3, 0.4) is 0 Å². The molecule has 0 fully saturated rings. The number of rotatable bonds is 8. The van der Waals surface area contributed by atoms with Gasteiger partial charge in [0.15, 0.2) is 0 Å². The molecule has 0 aliphatic carbocycles. The standard InChI is InChI=1S/C16H25N3O2/c1-4-9-18(10-5-2)16(21)13-19(14(3)20)12-15-7-6-8-17-11-15/h6-8,11H,4-5,9-10,12-13H2,1-3H3. The Morgan fingerprint density at radius 2 is 1.81 bits per heavy atom. The molecule has 1 heterocycles. The Morgan fingerprint density at radius 3 is 2.29 bits per heavy atom. The minimum Gasteiger partial charge on any atom is -0.341 e. The Labute approximate surface area is 127 Å². The van der Waals surface area contributed by atoms with E-state index in [0.717, 1.165) is 31.5 Å². The van der Waals surface area contributed by atoms with Crippen molar-refractivity contribution in [2.45, 2.75) is 40.2 Å². The van der Waals surface area contributed by atoms with Crippen LogP contribution in [0.2, 0.25) is 0 Å². The molecule has 0 aliphatic rings. The molecule has 0 unspecified atom stereocenters. The summed E-state index contributed by atoms with van der Waals surface area (Å²) in [5, 5.41) is 0. The van der Waals surface area contributed by atoms with Crippen molar-refractivity contribution in [3.8, 4) is 0 Å². The van der Waals surface area contributed by atoms with E-state index in [0.29, 0.717) is 6.54 Å². The lowest BCUT2D eigenvalue weighted by atomic mass is 10.2. The Balaban J connectivity index is 2.69. The summed E-state index contributed by atoms with van der Waals surface area (Å²) < 4.78 is 0. The summed E-state index contributed by atoms with van der Waals surface area (Å²) in [5.74, 6) is -0.0852. The Morgan fingerprint density at radius 1 is 1.14 bits per heavy atom. The van der Waals surface area contributed by atoms with Gasteiger partial charge in [0.25, 0.3) is 0 Å². The van der Waals surface area contributed by atoms with Crippen LogP contribution in [0.25, 0.3) is 0 Å². The van der Waals surface area contributed by atoms with Crippen molar-refractivity contribution in [3.63, 3.8) is 0 Å². The van der Waals surface area contributed by atoms with Crippen LogP contribution >= 0.6 is 0 Å². The molecule has 0 aromatic carbocycles. The average molecular weight is 291 g/mol. The van der Waals surface area contributed by atoms with Crippen LogP contribution in [-0.4, -0.2) is 46.2 Å². The van der Waals surface area contributed by atoms with Crippen molar-refractivity contribution < 1.29 is 9.59 Å². The zero-order valence-corrected chi connectivity index (χ0v) is 13.2. The van der Waals surface area contributed by atoms with Crippen LogP contribution in [0.4, 0.5) is 0 Å². The van der Waals surface area contributed by atoms with Gasteiger partial charge in [-0.1, -0.05) is 19.9 Å². The molecule has 0 spiro atoms. The predicted molar refractivity (Wildman–Crippen MR) is 82.5 cm³/mol. The van der Waals surface area contributed by atoms with Gasteiger partial charge in [0, 0.05) is 39.0 Å². The number of nitrogens with zero attached hydrogens (tertiary/aromatic N) is 3. The van der Waals surface area contributed by atoms with Gasteiger partial charge in [-0.05, 0) is 24.5 Å². The fraction of sp³-hybridized carbons (Fsp3) is 0.562. The molecule has 1 rings (SSSR count). The fourth-order valence-electron chi connectivity index (χ4n) is 2.15. The molecule has 0 bridgehead atoms. The lowest BCUT2D eigenvalue weighted by molar-refractivity contribution is -0.140. The molecule has 0 radical (unpaired) electrons. The highest BCUT2D eigenvalue weighted by Crippen LogP contribution is 2.05. The topological polar surface area (TPSA) is 53.5 Å². The normalized spacial score (nSPS) is 10.2. The van der Waals surface area contributed by atoms with Gasteiger partial charge < -0.3 is 9.80 Å². The molecule has 21 heavy (non-hydrogen) atoms. The molecule has 0 saturated carbocycles. The van der Waals surface area contributed by atoms with Crippen molar-refractivity contribution in [1.82, 2.24) is 14.8 Å². The van der Waals surface area contributed by atoms with Crippen LogP contribution in [0.5, 0.6) is 0 Å². The van der Waals surface area contributed by atoms with Gasteiger partial charge in [-0.3, -0.25) is 14.6 Å². The van der Waals surface area contributed by atoms with Crippen molar-refractivity contribution in [2.24, 2.45) is 0 Å². The monoisotopic (exact) mass is 291 g/mol. The SMILES string of the molecule is CCCN(CCC)C(=O)CN(Cc1cccnc1)C(C)=O. The molecule has 0 N–H and O–H groups in total. The summed E-state index contributed by atoms with van der Waals surface area (Å²) in [7, 11) is 0. The number of hydrogen-bond donors (Lipinski definition) is 0. The maximum absolute atomic E-state index is 12.3. The number of aromatic nitrogens is 1. The van der Waals surface area contributed by atoms with Crippen LogP contribution < -0.4 is 0 Å². The summed E-state index contributed by atoms with van der Waals surface area (Å²) in [4.78, 5) is 31.5. The first-order valence-corrected chi connectivity index (χ1v) is 7.50. The average Bonchev–Trinajstić information content (AvgIpc) is 2.47. The molecule has 5 nitrogen and oxygen atoms in total. The zero-order valence-electron chi connectivity index (χ0n) is 13.2. The van der Waals surface area contributed by atoms with Gasteiger partial charge in [-0.2, -0.15) is 0 Å². The van der Waals surface area contributed by atoms with E-state index in [2.05, 4.69) is 4.98 Å². The molecule has 1 aromatic heterocycles. The predicted octanol–water partition coefficient (Wildman–Crippen LogP) is 2.08. The van der Waals surface area contributed by atoms with Crippen LogP contribution in [0.1, 0.15) is 39.2 Å². The largest absolute Gasteiger partial charge is 0.341 e. The number of carbonyl (C=O) groups is 2. The third-order valence-electron chi connectivity index (χ3n) is 3.21. The molecule has 5 heteroatoms.